The van der Waals surface area contributed by atoms with E-state index >= 15 is 0 Å². The second kappa shape index (κ2) is 5.62. The summed E-state index contributed by atoms with van der Waals surface area (Å²) < 4.78 is 11.1. The Morgan fingerprint density at radius 2 is 2.00 bits per heavy atom. The van der Waals surface area contributed by atoms with Gasteiger partial charge in [-0.25, -0.2) is 0 Å². The molecule has 3 aromatic rings. The van der Waals surface area contributed by atoms with Crippen molar-refractivity contribution >= 4 is 0 Å². The molecular weight excluding hydrogens is 292 g/mol. The van der Waals surface area contributed by atoms with Gasteiger partial charge in [0, 0.05) is 19.5 Å². The predicted octanol–water partition coefficient (Wildman–Crippen LogP) is 2.97. The predicted molar refractivity (Wildman–Crippen MR) is 82.4 cm³/mol. The third kappa shape index (κ3) is 2.77. The van der Waals surface area contributed by atoms with E-state index in [4.69, 9.17) is 8.94 Å². The SMILES string of the molecule is Cc1cc(CN2Cc3ccccc3C[C@@H]2c2nnc(C)o2)on1. The van der Waals surface area contributed by atoms with Gasteiger partial charge in [0.15, 0.2) is 5.76 Å². The molecule has 3 heterocycles. The lowest BCUT2D eigenvalue weighted by Crippen LogP contribution is -2.34. The third-order valence-corrected chi connectivity index (χ3v) is 4.21. The fourth-order valence-corrected chi connectivity index (χ4v) is 3.12. The Balaban J connectivity index is 1.68. The molecule has 6 nitrogen and oxygen atoms in total. The molecule has 23 heavy (non-hydrogen) atoms. The molecule has 0 radical (unpaired) electrons. The lowest BCUT2D eigenvalue weighted by atomic mass is 9.94. The highest BCUT2D eigenvalue weighted by Gasteiger charge is 2.31. The monoisotopic (exact) mass is 310 g/mol. The number of hydrogen-bond acceptors (Lipinski definition) is 6. The lowest BCUT2D eigenvalue weighted by molar-refractivity contribution is 0.123. The number of aryl methyl sites for hydroxylation is 2. The molecular formula is C17H18N4O2. The smallest absolute Gasteiger partial charge is 0.233 e. The highest BCUT2D eigenvalue weighted by Crippen LogP contribution is 2.33. The molecule has 0 saturated carbocycles. The van der Waals surface area contributed by atoms with Gasteiger partial charge in [-0.15, -0.1) is 10.2 Å². The maximum Gasteiger partial charge on any atom is 0.233 e. The lowest BCUT2D eigenvalue weighted by Gasteiger charge is -2.34. The largest absolute Gasteiger partial charge is 0.424 e. The number of benzene rings is 1. The Morgan fingerprint density at radius 1 is 1.17 bits per heavy atom. The molecule has 1 aliphatic rings. The van der Waals surface area contributed by atoms with Crippen LogP contribution in [0.1, 0.15) is 40.4 Å². The molecule has 0 spiro atoms. The molecule has 1 aromatic carbocycles. The van der Waals surface area contributed by atoms with Crippen molar-refractivity contribution in [2.45, 2.75) is 39.4 Å². The molecule has 1 atom stereocenters. The Hall–Kier alpha value is -2.47. The third-order valence-electron chi connectivity index (χ3n) is 4.21. The highest BCUT2D eigenvalue weighted by molar-refractivity contribution is 5.31. The molecule has 0 amide bonds. The minimum absolute atomic E-state index is 0.0523. The maximum atomic E-state index is 5.70. The molecule has 0 bridgehead atoms. The molecule has 2 aromatic heterocycles. The molecule has 4 rings (SSSR count). The Kier molecular flexibility index (Phi) is 3.46. The number of fused-ring (bicyclic) bond motifs is 1. The van der Waals surface area contributed by atoms with Crippen molar-refractivity contribution in [1.29, 1.82) is 0 Å². The van der Waals surface area contributed by atoms with E-state index in [-0.39, 0.29) is 6.04 Å². The molecule has 0 aliphatic carbocycles. The van der Waals surface area contributed by atoms with Crippen LogP contribution >= 0.6 is 0 Å². The number of hydrogen-bond donors (Lipinski definition) is 0. The van der Waals surface area contributed by atoms with Crippen molar-refractivity contribution in [2.75, 3.05) is 0 Å². The van der Waals surface area contributed by atoms with Gasteiger partial charge in [-0.05, 0) is 24.5 Å². The van der Waals surface area contributed by atoms with Gasteiger partial charge < -0.3 is 8.94 Å². The van der Waals surface area contributed by atoms with Gasteiger partial charge in [0.1, 0.15) is 0 Å². The Bertz CT molecular complexity index is 823. The number of aromatic nitrogens is 3. The quantitative estimate of drug-likeness (QED) is 0.741. The first kappa shape index (κ1) is 14.1. The average Bonchev–Trinajstić information content (AvgIpc) is 3.15. The normalized spacial score (nSPS) is 18.1. The first-order valence-corrected chi connectivity index (χ1v) is 7.72. The zero-order valence-corrected chi connectivity index (χ0v) is 13.2. The minimum atomic E-state index is 0.0523. The van der Waals surface area contributed by atoms with Crippen molar-refractivity contribution in [3.05, 3.63) is 64.7 Å². The summed E-state index contributed by atoms with van der Waals surface area (Å²) in [5.74, 6) is 2.10. The van der Waals surface area contributed by atoms with Crippen LogP contribution in [0.5, 0.6) is 0 Å². The van der Waals surface area contributed by atoms with Crippen LogP contribution in [0.15, 0.2) is 39.3 Å². The van der Waals surface area contributed by atoms with Crippen molar-refractivity contribution in [3.8, 4) is 0 Å². The van der Waals surface area contributed by atoms with Gasteiger partial charge in [-0.1, -0.05) is 29.4 Å². The number of nitrogens with zero attached hydrogens (tertiary/aromatic N) is 4. The zero-order valence-electron chi connectivity index (χ0n) is 13.2. The van der Waals surface area contributed by atoms with Crippen LogP contribution in [0, 0.1) is 13.8 Å². The second-order valence-corrected chi connectivity index (χ2v) is 5.99. The summed E-state index contributed by atoms with van der Waals surface area (Å²) in [6.45, 7) is 5.23. The molecule has 0 saturated heterocycles. The summed E-state index contributed by atoms with van der Waals surface area (Å²) in [6.07, 6.45) is 0.852. The van der Waals surface area contributed by atoms with Crippen LogP contribution in [0.3, 0.4) is 0 Å². The summed E-state index contributed by atoms with van der Waals surface area (Å²) in [5, 5.41) is 12.2. The van der Waals surface area contributed by atoms with E-state index in [1.54, 1.807) is 0 Å². The van der Waals surface area contributed by atoms with Crippen LogP contribution in [-0.4, -0.2) is 20.3 Å². The number of rotatable bonds is 3. The maximum absolute atomic E-state index is 5.70. The Labute approximate surface area is 134 Å². The van der Waals surface area contributed by atoms with E-state index in [0.29, 0.717) is 18.3 Å². The van der Waals surface area contributed by atoms with Crippen molar-refractivity contribution in [3.63, 3.8) is 0 Å². The summed E-state index contributed by atoms with van der Waals surface area (Å²) in [6, 6.07) is 10.5. The van der Waals surface area contributed by atoms with E-state index in [1.807, 2.05) is 19.9 Å². The average molecular weight is 310 g/mol. The molecule has 6 heteroatoms. The van der Waals surface area contributed by atoms with Gasteiger partial charge in [-0.2, -0.15) is 0 Å². The second-order valence-electron chi connectivity index (χ2n) is 5.99. The first-order valence-electron chi connectivity index (χ1n) is 7.72. The van der Waals surface area contributed by atoms with Gasteiger partial charge in [0.2, 0.25) is 11.8 Å². The topological polar surface area (TPSA) is 68.2 Å². The molecule has 0 fully saturated rings. The summed E-state index contributed by atoms with van der Waals surface area (Å²) >= 11 is 0. The van der Waals surface area contributed by atoms with Gasteiger partial charge in [0.05, 0.1) is 18.3 Å². The Morgan fingerprint density at radius 3 is 2.70 bits per heavy atom. The van der Waals surface area contributed by atoms with Crippen molar-refractivity contribution < 1.29 is 8.94 Å². The molecule has 118 valence electrons. The van der Waals surface area contributed by atoms with E-state index < -0.39 is 0 Å². The van der Waals surface area contributed by atoms with Gasteiger partial charge >= 0.3 is 0 Å². The van der Waals surface area contributed by atoms with Gasteiger partial charge in [-0.3, -0.25) is 4.90 Å². The van der Waals surface area contributed by atoms with Crippen molar-refractivity contribution in [2.24, 2.45) is 0 Å². The zero-order chi connectivity index (χ0) is 15.8. The van der Waals surface area contributed by atoms with Gasteiger partial charge in [0.25, 0.3) is 0 Å². The molecule has 0 N–H and O–H groups in total. The van der Waals surface area contributed by atoms with E-state index in [1.165, 1.54) is 11.1 Å². The van der Waals surface area contributed by atoms with E-state index in [0.717, 1.165) is 24.4 Å². The van der Waals surface area contributed by atoms with Crippen molar-refractivity contribution in [1.82, 2.24) is 20.3 Å². The van der Waals surface area contributed by atoms with Crippen LogP contribution in [0.2, 0.25) is 0 Å². The minimum Gasteiger partial charge on any atom is -0.424 e. The van der Waals surface area contributed by atoms with Crippen LogP contribution < -0.4 is 0 Å². The summed E-state index contributed by atoms with van der Waals surface area (Å²) in [5.41, 5.74) is 3.55. The molecule has 1 aliphatic heterocycles. The van der Waals surface area contributed by atoms with Crippen LogP contribution in [-0.2, 0) is 19.5 Å². The van der Waals surface area contributed by atoms with E-state index in [2.05, 4.69) is 44.5 Å². The van der Waals surface area contributed by atoms with E-state index in [9.17, 15) is 0 Å². The van der Waals surface area contributed by atoms with Crippen LogP contribution in [0.25, 0.3) is 0 Å². The van der Waals surface area contributed by atoms with Crippen LogP contribution in [0.4, 0.5) is 0 Å². The summed E-state index contributed by atoms with van der Waals surface area (Å²) in [4.78, 5) is 2.30. The molecule has 0 unspecified atom stereocenters. The first-order chi connectivity index (χ1) is 11.2. The highest BCUT2D eigenvalue weighted by atomic mass is 16.5. The fraction of sp³-hybridized carbons (Fsp3) is 0.353. The standard InChI is InChI=1S/C17H18N4O2/c1-11-7-15(23-20-11)10-21-9-14-6-4-3-5-13(14)8-16(21)17-19-18-12(2)22-17/h3-7,16H,8-10H2,1-2H3/t16-/m1/s1. The fourth-order valence-electron chi connectivity index (χ4n) is 3.12. The summed E-state index contributed by atoms with van der Waals surface area (Å²) in [7, 11) is 0.